The number of rotatable bonds is 7. The highest BCUT2D eigenvalue weighted by Crippen LogP contribution is 2.25. The van der Waals surface area contributed by atoms with Gasteiger partial charge in [0.1, 0.15) is 4.21 Å². The van der Waals surface area contributed by atoms with Crippen LogP contribution in [0.2, 0.25) is 0 Å². The number of nitrogens with zero attached hydrogens (tertiary/aromatic N) is 1. The number of hydrogen-bond acceptors (Lipinski definition) is 3. The second-order valence-corrected chi connectivity index (χ2v) is 7.72. The van der Waals surface area contributed by atoms with Gasteiger partial charge in [-0.15, -0.1) is 22.9 Å². The molecule has 0 saturated carbocycles. The fourth-order valence-electron chi connectivity index (χ4n) is 1.56. The predicted molar refractivity (Wildman–Crippen MR) is 77.8 cm³/mol. The van der Waals surface area contributed by atoms with E-state index in [-0.39, 0.29) is 0 Å². The van der Waals surface area contributed by atoms with Gasteiger partial charge in [0.15, 0.2) is 0 Å². The molecule has 6 heteroatoms. The normalized spacial score (nSPS) is 14.1. The number of alkyl halides is 1. The zero-order chi connectivity index (χ0) is 13.8. The number of hydrogen-bond donors (Lipinski definition) is 0. The molecule has 0 aliphatic carbocycles. The van der Waals surface area contributed by atoms with Crippen LogP contribution in [0.3, 0.4) is 0 Å². The Kier molecular flexibility index (Phi) is 6.11. The maximum Gasteiger partial charge on any atom is 0.252 e. The molecule has 1 rings (SSSR count). The summed E-state index contributed by atoms with van der Waals surface area (Å²) in [6.45, 7) is 7.08. The largest absolute Gasteiger partial charge is 0.252 e. The van der Waals surface area contributed by atoms with Gasteiger partial charge in [0.2, 0.25) is 0 Å². The van der Waals surface area contributed by atoms with E-state index in [1.807, 2.05) is 6.92 Å². The zero-order valence-corrected chi connectivity index (χ0v) is 13.4. The molecule has 0 spiro atoms. The number of halogens is 1. The third kappa shape index (κ3) is 3.70. The van der Waals surface area contributed by atoms with Gasteiger partial charge in [-0.3, -0.25) is 0 Å². The van der Waals surface area contributed by atoms with Crippen molar-refractivity contribution >= 4 is 33.0 Å². The molecular weight excluding hydrogens is 290 g/mol. The van der Waals surface area contributed by atoms with Crippen LogP contribution in [0.5, 0.6) is 0 Å². The van der Waals surface area contributed by atoms with Crippen LogP contribution in [0.25, 0.3) is 0 Å². The Balaban J connectivity index is 2.95. The van der Waals surface area contributed by atoms with E-state index in [2.05, 4.69) is 13.8 Å². The van der Waals surface area contributed by atoms with Crippen LogP contribution in [-0.4, -0.2) is 25.8 Å². The van der Waals surface area contributed by atoms with E-state index in [4.69, 9.17) is 11.6 Å². The van der Waals surface area contributed by atoms with Gasteiger partial charge in [0, 0.05) is 19.0 Å². The van der Waals surface area contributed by atoms with E-state index >= 15 is 0 Å². The van der Waals surface area contributed by atoms with Crippen molar-refractivity contribution in [2.24, 2.45) is 5.92 Å². The minimum atomic E-state index is -3.35. The highest BCUT2D eigenvalue weighted by atomic mass is 35.5. The van der Waals surface area contributed by atoms with E-state index in [9.17, 15) is 8.42 Å². The molecule has 0 N–H and O–H groups in total. The highest BCUT2D eigenvalue weighted by Gasteiger charge is 2.25. The summed E-state index contributed by atoms with van der Waals surface area (Å²) in [6.07, 6.45) is 0.976. The van der Waals surface area contributed by atoms with Crippen molar-refractivity contribution in [2.45, 2.75) is 37.3 Å². The maximum atomic E-state index is 12.4. The van der Waals surface area contributed by atoms with Gasteiger partial charge in [-0.2, -0.15) is 4.31 Å². The van der Waals surface area contributed by atoms with Crippen LogP contribution in [0.15, 0.2) is 15.7 Å². The van der Waals surface area contributed by atoms with Crippen LogP contribution in [0.4, 0.5) is 0 Å². The number of thiophene rings is 1. The third-order valence-electron chi connectivity index (χ3n) is 2.94. The van der Waals surface area contributed by atoms with Crippen molar-refractivity contribution in [3.63, 3.8) is 0 Å². The van der Waals surface area contributed by atoms with Crippen LogP contribution in [0.1, 0.15) is 32.8 Å². The molecule has 0 amide bonds. The van der Waals surface area contributed by atoms with Crippen LogP contribution in [0, 0.1) is 5.92 Å². The standard InChI is InChI=1S/C12H20ClNO2S2/c1-4-10(3)8-14(5-2)18(15,16)12-6-11(7-13)9-17-12/h6,9-10H,4-5,7-8H2,1-3H3. The molecule has 0 aliphatic rings. The summed E-state index contributed by atoms with van der Waals surface area (Å²) in [5.41, 5.74) is 0.861. The Morgan fingerprint density at radius 2 is 2.11 bits per heavy atom. The first-order valence-electron chi connectivity index (χ1n) is 6.09. The van der Waals surface area contributed by atoms with E-state index in [0.717, 1.165) is 12.0 Å². The summed E-state index contributed by atoms with van der Waals surface area (Å²) >= 11 is 6.95. The van der Waals surface area contributed by atoms with E-state index in [1.54, 1.807) is 15.8 Å². The lowest BCUT2D eigenvalue weighted by Gasteiger charge is -2.22. The first-order valence-corrected chi connectivity index (χ1v) is 8.94. The predicted octanol–water partition coefficient (Wildman–Crippen LogP) is 3.54. The fourth-order valence-corrected chi connectivity index (χ4v) is 4.74. The summed E-state index contributed by atoms with van der Waals surface area (Å²) in [5.74, 6) is 0.718. The number of sulfonamides is 1. The molecule has 1 atom stereocenters. The Morgan fingerprint density at radius 3 is 2.56 bits per heavy atom. The monoisotopic (exact) mass is 309 g/mol. The van der Waals surface area contributed by atoms with Gasteiger partial charge in [0.05, 0.1) is 0 Å². The lowest BCUT2D eigenvalue weighted by Crippen LogP contribution is -2.34. The average Bonchev–Trinajstić information content (AvgIpc) is 2.84. The van der Waals surface area contributed by atoms with Crippen molar-refractivity contribution in [1.82, 2.24) is 4.31 Å². The van der Waals surface area contributed by atoms with Crippen LogP contribution in [-0.2, 0) is 15.9 Å². The lowest BCUT2D eigenvalue weighted by atomic mass is 10.1. The first kappa shape index (κ1) is 16.0. The summed E-state index contributed by atoms with van der Waals surface area (Å²) in [4.78, 5) is 0. The average molecular weight is 310 g/mol. The Labute approximate surface area is 119 Å². The Bertz CT molecular complexity index is 470. The van der Waals surface area contributed by atoms with Gasteiger partial charge >= 0.3 is 0 Å². The Morgan fingerprint density at radius 1 is 1.44 bits per heavy atom. The lowest BCUT2D eigenvalue weighted by molar-refractivity contribution is 0.362. The summed E-state index contributed by atoms with van der Waals surface area (Å²) < 4.78 is 26.8. The molecule has 1 heterocycles. The van der Waals surface area contributed by atoms with Gasteiger partial charge in [-0.25, -0.2) is 8.42 Å². The highest BCUT2D eigenvalue weighted by molar-refractivity contribution is 7.91. The second-order valence-electron chi connectivity index (χ2n) is 4.38. The third-order valence-corrected chi connectivity index (χ3v) is 6.66. The molecular formula is C12H20ClNO2S2. The molecule has 0 saturated heterocycles. The van der Waals surface area contributed by atoms with Crippen molar-refractivity contribution in [2.75, 3.05) is 13.1 Å². The quantitative estimate of drug-likeness (QED) is 0.722. The van der Waals surface area contributed by atoms with E-state index in [0.29, 0.717) is 29.1 Å². The fraction of sp³-hybridized carbons (Fsp3) is 0.667. The summed E-state index contributed by atoms with van der Waals surface area (Å²) in [5, 5.41) is 1.80. The molecule has 0 aromatic carbocycles. The molecule has 0 radical (unpaired) electrons. The van der Waals surface area contributed by atoms with Crippen LogP contribution >= 0.6 is 22.9 Å². The van der Waals surface area contributed by atoms with E-state index < -0.39 is 10.0 Å². The second kappa shape index (κ2) is 6.89. The zero-order valence-electron chi connectivity index (χ0n) is 11.0. The molecule has 1 aromatic rings. The SMILES string of the molecule is CCC(C)CN(CC)S(=O)(=O)c1cc(CCl)cs1. The summed E-state index contributed by atoms with van der Waals surface area (Å²) in [7, 11) is -3.35. The van der Waals surface area contributed by atoms with Crippen molar-refractivity contribution < 1.29 is 8.42 Å². The molecule has 18 heavy (non-hydrogen) atoms. The minimum absolute atomic E-state index is 0.351. The van der Waals surface area contributed by atoms with E-state index in [1.165, 1.54) is 11.3 Å². The molecule has 3 nitrogen and oxygen atoms in total. The summed E-state index contributed by atoms with van der Waals surface area (Å²) in [6, 6.07) is 1.67. The smallest absolute Gasteiger partial charge is 0.206 e. The Hall–Kier alpha value is -0.100. The minimum Gasteiger partial charge on any atom is -0.206 e. The maximum absolute atomic E-state index is 12.4. The van der Waals surface area contributed by atoms with Crippen LogP contribution < -0.4 is 0 Å². The van der Waals surface area contributed by atoms with Crippen molar-refractivity contribution in [1.29, 1.82) is 0 Å². The topological polar surface area (TPSA) is 37.4 Å². The van der Waals surface area contributed by atoms with Gasteiger partial charge < -0.3 is 0 Å². The van der Waals surface area contributed by atoms with Gasteiger partial charge in [-0.05, 0) is 22.9 Å². The molecule has 104 valence electrons. The molecule has 1 aromatic heterocycles. The molecule has 0 bridgehead atoms. The molecule has 0 aliphatic heterocycles. The molecule has 1 unspecified atom stereocenters. The first-order chi connectivity index (χ1) is 8.45. The van der Waals surface area contributed by atoms with Crippen molar-refractivity contribution in [3.8, 4) is 0 Å². The van der Waals surface area contributed by atoms with Gasteiger partial charge in [-0.1, -0.05) is 27.2 Å². The molecule has 0 fully saturated rings. The van der Waals surface area contributed by atoms with Crippen molar-refractivity contribution in [3.05, 3.63) is 17.0 Å². The van der Waals surface area contributed by atoms with Gasteiger partial charge in [0.25, 0.3) is 10.0 Å².